The molecule has 1 aromatic heterocycles. The molecule has 0 aliphatic heterocycles. The number of methoxy groups -OCH3 is 1. The Hall–Kier alpha value is -1.30. The number of nitrogens with one attached hydrogen (secondary N) is 1. The SMILES string of the molecule is COc1ccc(CN(C)S(=O)(=O)C[C@](C)(N[S@](=O)C(C)(C)C)c2csc3ccc(Br)cc23)cc1. The van der Waals surface area contributed by atoms with Crippen LogP contribution in [0.1, 0.15) is 38.8 Å². The highest BCUT2D eigenvalue weighted by molar-refractivity contribution is 9.10. The van der Waals surface area contributed by atoms with Gasteiger partial charge in [0.1, 0.15) is 5.75 Å². The van der Waals surface area contributed by atoms with Crippen molar-refractivity contribution >= 4 is 58.4 Å². The predicted octanol–water partition coefficient (Wildman–Crippen LogP) is 5.40. The van der Waals surface area contributed by atoms with Crippen LogP contribution in [0.3, 0.4) is 0 Å². The van der Waals surface area contributed by atoms with Crippen molar-refractivity contribution in [3.63, 3.8) is 0 Å². The molecule has 0 saturated heterocycles. The second-order valence-electron chi connectivity index (χ2n) is 9.47. The molecule has 6 nitrogen and oxygen atoms in total. The molecular weight excluding hydrogens is 556 g/mol. The van der Waals surface area contributed by atoms with Crippen molar-refractivity contribution in [2.24, 2.45) is 0 Å². The Bertz CT molecular complexity index is 1280. The first-order chi connectivity index (χ1) is 15.7. The molecule has 1 heterocycles. The van der Waals surface area contributed by atoms with Gasteiger partial charge >= 0.3 is 0 Å². The quantitative estimate of drug-likeness (QED) is 0.364. The maximum Gasteiger partial charge on any atom is 0.216 e. The van der Waals surface area contributed by atoms with Crippen molar-refractivity contribution in [2.45, 2.75) is 44.5 Å². The Labute approximate surface area is 217 Å². The van der Waals surface area contributed by atoms with Crippen molar-refractivity contribution in [2.75, 3.05) is 19.9 Å². The molecule has 34 heavy (non-hydrogen) atoms. The van der Waals surface area contributed by atoms with Crippen LogP contribution in [0.2, 0.25) is 0 Å². The molecular formula is C24H31BrN2O4S3. The van der Waals surface area contributed by atoms with Gasteiger partial charge in [-0.2, -0.15) is 0 Å². The third-order valence-electron chi connectivity index (χ3n) is 5.51. The minimum Gasteiger partial charge on any atom is -0.497 e. The van der Waals surface area contributed by atoms with Gasteiger partial charge in [-0.05, 0) is 79.9 Å². The van der Waals surface area contributed by atoms with E-state index in [0.29, 0.717) is 5.75 Å². The molecule has 0 aliphatic carbocycles. The largest absolute Gasteiger partial charge is 0.497 e. The standard InChI is InChI=1S/C24H31BrN2O4S3/c1-23(2,3)33(28)26-24(4,21-15-32-22-12-9-18(25)13-20(21)22)16-34(29,30)27(5)14-17-7-10-19(31-6)11-8-17/h7-13,15,26H,14,16H2,1-6H3/t24-,33+/m0/s1. The Morgan fingerprint density at radius 1 is 1.12 bits per heavy atom. The number of benzene rings is 2. The van der Waals surface area contributed by atoms with Crippen LogP contribution in [0.15, 0.2) is 52.3 Å². The van der Waals surface area contributed by atoms with E-state index >= 15 is 0 Å². The summed E-state index contributed by atoms with van der Waals surface area (Å²) in [6.07, 6.45) is 0. The van der Waals surface area contributed by atoms with Gasteiger partial charge in [0.25, 0.3) is 0 Å². The third-order valence-corrected chi connectivity index (χ3v) is 10.7. The van der Waals surface area contributed by atoms with E-state index in [-0.39, 0.29) is 12.3 Å². The Balaban J connectivity index is 1.98. The topological polar surface area (TPSA) is 75.7 Å². The van der Waals surface area contributed by atoms with Gasteiger partial charge < -0.3 is 4.74 Å². The van der Waals surface area contributed by atoms with E-state index in [9.17, 15) is 12.6 Å². The van der Waals surface area contributed by atoms with Crippen LogP contribution in [0.5, 0.6) is 5.75 Å². The number of sulfonamides is 1. The van der Waals surface area contributed by atoms with Crippen LogP contribution in [-0.2, 0) is 33.1 Å². The maximum absolute atomic E-state index is 13.6. The van der Waals surface area contributed by atoms with Crippen LogP contribution >= 0.6 is 27.3 Å². The van der Waals surface area contributed by atoms with Crippen molar-refractivity contribution < 1.29 is 17.4 Å². The van der Waals surface area contributed by atoms with E-state index in [4.69, 9.17) is 4.74 Å². The average Bonchev–Trinajstić information content (AvgIpc) is 3.17. The highest BCUT2D eigenvalue weighted by Gasteiger charge is 2.39. The number of hydrogen-bond donors (Lipinski definition) is 1. The summed E-state index contributed by atoms with van der Waals surface area (Å²) in [6.45, 7) is 7.63. The number of hydrogen-bond acceptors (Lipinski definition) is 5. The van der Waals surface area contributed by atoms with Gasteiger partial charge in [-0.1, -0.05) is 28.1 Å². The predicted molar refractivity (Wildman–Crippen MR) is 146 cm³/mol. The van der Waals surface area contributed by atoms with E-state index in [1.54, 1.807) is 25.5 Å². The van der Waals surface area contributed by atoms with Crippen LogP contribution in [0, 0.1) is 0 Å². The molecule has 0 amide bonds. The van der Waals surface area contributed by atoms with Crippen molar-refractivity contribution in [1.29, 1.82) is 0 Å². The maximum atomic E-state index is 13.6. The van der Waals surface area contributed by atoms with Crippen molar-refractivity contribution in [3.05, 3.63) is 63.4 Å². The molecule has 0 saturated carbocycles. The minimum atomic E-state index is -3.73. The summed E-state index contributed by atoms with van der Waals surface area (Å²) in [5.41, 5.74) is 0.585. The lowest BCUT2D eigenvalue weighted by molar-refractivity contribution is 0.413. The molecule has 0 unspecified atom stereocenters. The molecule has 2 atom stereocenters. The molecule has 3 rings (SSSR count). The number of halogens is 1. The normalized spacial score (nSPS) is 15.4. The minimum absolute atomic E-state index is 0.223. The highest BCUT2D eigenvalue weighted by Crippen LogP contribution is 2.37. The summed E-state index contributed by atoms with van der Waals surface area (Å²) in [7, 11) is -2.05. The van der Waals surface area contributed by atoms with Crippen molar-refractivity contribution in [1.82, 2.24) is 9.03 Å². The molecule has 1 N–H and O–H groups in total. The fourth-order valence-corrected chi connectivity index (χ4v) is 7.46. The monoisotopic (exact) mass is 586 g/mol. The first-order valence-corrected chi connectivity index (χ1v) is 15.1. The number of thiophene rings is 1. The van der Waals surface area contributed by atoms with Gasteiger partial charge in [-0.15, -0.1) is 11.3 Å². The number of nitrogens with zero attached hydrogens (tertiary/aromatic N) is 1. The zero-order valence-electron chi connectivity index (χ0n) is 20.2. The molecule has 0 spiro atoms. The smallest absolute Gasteiger partial charge is 0.216 e. The summed E-state index contributed by atoms with van der Waals surface area (Å²) in [6, 6.07) is 13.3. The zero-order chi connectivity index (χ0) is 25.3. The Kier molecular flexibility index (Phi) is 8.32. The van der Waals surface area contributed by atoms with E-state index in [2.05, 4.69) is 20.7 Å². The number of ether oxygens (including phenoxy) is 1. The summed E-state index contributed by atoms with van der Waals surface area (Å²) < 4.78 is 51.4. The van der Waals surface area contributed by atoms with Gasteiger partial charge in [0.2, 0.25) is 10.0 Å². The van der Waals surface area contributed by atoms with Crippen molar-refractivity contribution in [3.8, 4) is 5.75 Å². The van der Waals surface area contributed by atoms with Crippen LogP contribution < -0.4 is 9.46 Å². The van der Waals surface area contributed by atoms with E-state index < -0.39 is 31.3 Å². The van der Waals surface area contributed by atoms with Crippen LogP contribution in [0.25, 0.3) is 10.1 Å². The average molecular weight is 588 g/mol. The number of fused-ring (bicyclic) bond motifs is 1. The molecule has 0 fully saturated rings. The second-order valence-corrected chi connectivity index (χ2v) is 15.3. The van der Waals surface area contributed by atoms with Gasteiger partial charge in [0, 0.05) is 22.8 Å². The van der Waals surface area contributed by atoms with E-state index in [1.807, 2.05) is 75.5 Å². The molecule has 10 heteroatoms. The van der Waals surface area contributed by atoms with Gasteiger partial charge in [-0.25, -0.2) is 21.7 Å². The summed E-state index contributed by atoms with van der Waals surface area (Å²) in [4.78, 5) is 0. The molecule has 186 valence electrons. The fourth-order valence-electron chi connectivity index (χ4n) is 3.51. The summed E-state index contributed by atoms with van der Waals surface area (Å²) in [5, 5.41) is 2.90. The van der Waals surface area contributed by atoms with Gasteiger partial charge in [0.05, 0.1) is 34.1 Å². The van der Waals surface area contributed by atoms with E-state index in [0.717, 1.165) is 25.7 Å². The Morgan fingerprint density at radius 2 is 1.76 bits per heavy atom. The summed E-state index contributed by atoms with van der Waals surface area (Å²) >= 11 is 5.07. The third kappa shape index (κ3) is 6.27. The van der Waals surface area contributed by atoms with Crippen LogP contribution in [0.4, 0.5) is 0 Å². The lowest BCUT2D eigenvalue weighted by Gasteiger charge is -2.34. The van der Waals surface area contributed by atoms with Gasteiger partial charge in [-0.3, -0.25) is 0 Å². The molecule has 0 radical (unpaired) electrons. The second kappa shape index (κ2) is 10.4. The highest BCUT2D eigenvalue weighted by atomic mass is 79.9. The van der Waals surface area contributed by atoms with Crippen LogP contribution in [-0.4, -0.2) is 41.6 Å². The summed E-state index contributed by atoms with van der Waals surface area (Å²) in [5.74, 6) is 0.471. The molecule has 0 aliphatic rings. The molecule has 0 bridgehead atoms. The fraction of sp³-hybridized carbons (Fsp3) is 0.417. The van der Waals surface area contributed by atoms with E-state index in [1.165, 1.54) is 4.31 Å². The van der Waals surface area contributed by atoms with Gasteiger partial charge in [0.15, 0.2) is 0 Å². The first-order valence-electron chi connectivity index (χ1n) is 10.7. The Morgan fingerprint density at radius 3 is 2.35 bits per heavy atom. The first kappa shape index (κ1) is 27.3. The number of rotatable bonds is 9. The molecule has 2 aromatic carbocycles. The molecule has 3 aromatic rings. The zero-order valence-corrected chi connectivity index (χ0v) is 24.3. The lowest BCUT2D eigenvalue weighted by atomic mass is 9.95. The lowest BCUT2D eigenvalue weighted by Crippen LogP contribution is -2.51.